The molecule has 1 aromatic carbocycles. The molecule has 0 fully saturated rings. The third kappa shape index (κ3) is 2.00. The molecular formula is C14H16N2O2. The Balaban J connectivity index is 2.59. The zero-order valence-corrected chi connectivity index (χ0v) is 10.8. The summed E-state index contributed by atoms with van der Waals surface area (Å²) in [5, 5.41) is 9.80. The Morgan fingerprint density at radius 3 is 2.50 bits per heavy atom. The monoisotopic (exact) mass is 244 g/mol. The van der Waals surface area contributed by atoms with Gasteiger partial charge in [0.25, 0.3) is 0 Å². The van der Waals surface area contributed by atoms with Crippen LogP contribution in [0.4, 0.5) is 0 Å². The minimum absolute atomic E-state index is 0.516. The number of aromatic nitrogens is 1. The zero-order valence-electron chi connectivity index (χ0n) is 10.8. The van der Waals surface area contributed by atoms with Crippen molar-refractivity contribution < 1.29 is 9.47 Å². The van der Waals surface area contributed by atoms with E-state index in [9.17, 15) is 0 Å². The van der Waals surface area contributed by atoms with Crippen LogP contribution in [0.2, 0.25) is 0 Å². The standard InChI is InChI=1S/C14H16N2O2/c1-9-10(5-4-6-15)11-7-13(17-2)14(18-3)8-12(11)16-9/h7-8,16H,4-5H2,1-3H3. The lowest BCUT2D eigenvalue weighted by molar-refractivity contribution is 0.356. The van der Waals surface area contributed by atoms with E-state index in [0.717, 1.165) is 23.0 Å². The average molecular weight is 244 g/mol. The molecule has 0 atom stereocenters. The van der Waals surface area contributed by atoms with Crippen LogP contribution in [0.3, 0.4) is 0 Å². The second-order valence-corrected chi connectivity index (χ2v) is 4.14. The van der Waals surface area contributed by atoms with Crippen LogP contribution in [0.1, 0.15) is 17.7 Å². The number of nitrogens with one attached hydrogen (secondary N) is 1. The fourth-order valence-corrected chi connectivity index (χ4v) is 2.21. The summed E-state index contributed by atoms with van der Waals surface area (Å²) in [7, 11) is 3.24. The van der Waals surface area contributed by atoms with Crippen LogP contribution in [-0.4, -0.2) is 19.2 Å². The maximum atomic E-state index is 8.71. The molecular weight excluding hydrogens is 228 g/mol. The van der Waals surface area contributed by atoms with E-state index in [1.54, 1.807) is 14.2 Å². The summed E-state index contributed by atoms with van der Waals surface area (Å²) < 4.78 is 10.6. The summed E-state index contributed by atoms with van der Waals surface area (Å²) in [4.78, 5) is 3.32. The summed E-state index contributed by atoms with van der Waals surface area (Å²) in [6, 6.07) is 6.07. The molecule has 4 heteroatoms. The molecule has 94 valence electrons. The molecule has 0 spiro atoms. The largest absolute Gasteiger partial charge is 0.493 e. The highest BCUT2D eigenvalue weighted by Gasteiger charge is 2.12. The number of nitriles is 1. The fraction of sp³-hybridized carbons (Fsp3) is 0.357. The Labute approximate surface area is 106 Å². The first-order valence-electron chi connectivity index (χ1n) is 5.81. The van der Waals surface area contributed by atoms with E-state index in [1.165, 1.54) is 5.56 Å². The van der Waals surface area contributed by atoms with Crippen LogP contribution >= 0.6 is 0 Å². The molecule has 0 aliphatic rings. The van der Waals surface area contributed by atoms with Crippen LogP contribution in [0, 0.1) is 18.3 Å². The number of H-pyrrole nitrogens is 1. The normalized spacial score (nSPS) is 10.3. The number of nitrogens with zero attached hydrogens (tertiary/aromatic N) is 1. The molecule has 0 unspecified atom stereocenters. The highest BCUT2D eigenvalue weighted by atomic mass is 16.5. The third-order valence-corrected chi connectivity index (χ3v) is 3.11. The van der Waals surface area contributed by atoms with Gasteiger partial charge in [-0.25, -0.2) is 0 Å². The number of aryl methyl sites for hydroxylation is 2. The van der Waals surface area contributed by atoms with Crippen molar-refractivity contribution in [2.45, 2.75) is 19.8 Å². The molecule has 18 heavy (non-hydrogen) atoms. The van der Waals surface area contributed by atoms with Crippen LogP contribution in [0.25, 0.3) is 10.9 Å². The summed E-state index contributed by atoms with van der Waals surface area (Å²) in [5.74, 6) is 1.42. The second kappa shape index (κ2) is 5.01. The maximum Gasteiger partial charge on any atom is 0.162 e. The second-order valence-electron chi connectivity index (χ2n) is 4.14. The molecule has 0 aliphatic heterocycles. The summed E-state index contributed by atoms with van der Waals surface area (Å²) in [6.45, 7) is 2.02. The van der Waals surface area contributed by atoms with Gasteiger partial charge < -0.3 is 14.5 Å². The van der Waals surface area contributed by atoms with Gasteiger partial charge in [-0.05, 0) is 25.0 Å². The quantitative estimate of drug-likeness (QED) is 0.899. The Bertz CT molecular complexity index is 608. The van der Waals surface area contributed by atoms with Crippen LogP contribution < -0.4 is 9.47 Å². The van der Waals surface area contributed by atoms with Gasteiger partial charge in [0, 0.05) is 29.1 Å². The van der Waals surface area contributed by atoms with Crippen molar-refractivity contribution >= 4 is 10.9 Å². The summed E-state index contributed by atoms with van der Waals surface area (Å²) in [5.41, 5.74) is 3.28. The number of fused-ring (bicyclic) bond motifs is 1. The number of hydrogen-bond acceptors (Lipinski definition) is 3. The van der Waals surface area contributed by atoms with Crippen molar-refractivity contribution in [3.8, 4) is 17.6 Å². The summed E-state index contributed by atoms with van der Waals surface area (Å²) in [6.07, 6.45) is 1.26. The van der Waals surface area contributed by atoms with Gasteiger partial charge in [-0.3, -0.25) is 0 Å². The number of aromatic amines is 1. The highest BCUT2D eigenvalue weighted by molar-refractivity contribution is 5.88. The van der Waals surface area contributed by atoms with E-state index in [2.05, 4.69) is 11.1 Å². The molecule has 0 bridgehead atoms. The average Bonchev–Trinajstić information content (AvgIpc) is 2.69. The molecule has 0 amide bonds. The van der Waals surface area contributed by atoms with Gasteiger partial charge in [0.15, 0.2) is 11.5 Å². The first-order chi connectivity index (χ1) is 8.71. The molecule has 0 saturated heterocycles. The minimum Gasteiger partial charge on any atom is -0.493 e. The Morgan fingerprint density at radius 2 is 1.89 bits per heavy atom. The van der Waals surface area contributed by atoms with Gasteiger partial charge in [0.2, 0.25) is 0 Å². The van der Waals surface area contributed by atoms with Crippen molar-refractivity contribution in [1.29, 1.82) is 5.26 Å². The molecule has 0 aliphatic carbocycles. The van der Waals surface area contributed by atoms with Crippen LogP contribution in [0.15, 0.2) is 12.1 Å². The molecule has 1 heterocycles. The van der Waals surface area contributed by atoms with Crippen LogP contribution in [-0.2, 0) is 6.42 Å². The number of ether oxygens (including phenoxy) is 2. The van der Waals surface area contributed by atoms with Gasteiger partial charge in [-0.1, -0.05) is 0 Å². The molecule has 0 saturated carbocycles. The van der Waals surface area contributed by atoms with Gasteiger partial charge in [-0.15, -0.1) is 0 Å². The van der Waals surface area contributed by atoms with Crippen LogP contribution in [0.5, 0.6) is 11.5 Å². The molecule has 1 aromatic heterocycles. The van der Waals surface area contributed by atoms with Crippen molar-refractivity contribution in [1.82, 2.24) is 4.98 Å². The van der Waals surface area contributed by atoms with E-state index in [-0.39, 0.29) is 0 Å². The zero-order chi connectivity index (χ0) is 13.1. The Hall–Kier alpha value is -2.15. The Kier molecular flexibility index (Phi) is 3.42. The minimum atomic E-state index is 0.516. The number of methoxy groups -OCH3 is 2. The number of hydrogen-bond donors (Lipinski definition) is 1. The third-order valence-electron chi connectivity index (χ3n) is 3.11. The first-order valence-corrected chi connectivity index (χ1v) is 5.81. The lowest BCUT2D eigenvalue weighted by atomic mass is 10.1. The molecule has 1 N–H and O–H groups in total. The van der Waals surface area contributed by atoms with Crippen molar-refractivity contribution in [3.05, 3.63) is 23.4 Å². The number of benzene rings is 1. The number of rotatable bonds is 4. The SMILES string of the molecule is COc1cc2[nH]c(C)c(CCC#N)c2cc1OC. The van der Waals surface area contributed by atoms with Crippen molar-refractivity contribution in [3.63, 3.8) is 0 Å². The van der Waals surface area contributed by atoms with Gasteiger partial charge in [-0.2, -0.15) is 5.26 Å². The topological polar surface area (TPSA) is 58.0 Å². The Morgan fingerprint density at radius 1 is 1.22 bits per heavy atom. The van der Waals surface area contributed by atoms with E-state index < -0.39 is 0 Å². The fourth-order valence-electron chi connectivity index (χ4n) is 2.21. The molecule has 2 aromatic rings. The predicted molar refractivity (Wildman–Crippen MR) is 70.1 cm³/mol. The summed E-state index contributed by atoms with van der Waals surface area (Å²) >= 11 is 0. The van der Waals surface area contributed by atoms with Crippen molar-refractivity contribution in [2.24, 2.45) is 0 Å². The predicted octanol–water partition coefficient (Wildman–Crippen LogP) is 2.95. The first kappa shape index (κ1) is 12.3. The van der Waals surface area contributed by atoms with Gasteiger partial charge in [0.05, 0.1) is 20.3 Å². The lowest BCUT2D eigenvalue weighted by Crippen LogP contribution is -1.90. The van der Waals surface area contributed by atoms with E-state index in [0.29, 0.717) is 17.9 Å². The van der Waals surface area contributed by atoms with Gasteiger partial charge in [0.1, 0.15) is 0 Å². The lowest BCUT2D eigenvalue weighted by Gasteiger charge is -2.07. The highest BCUT2D eigenvalue weighted by Crippen LogP contribution is 2.34. The maximum absolute atomic E-state index is 8.71. The smallest absolute Gasteiger partial charge is 0.162 e. The van der Waals surface area contributed by atoms with E-state index >= 15 is 0 Å². The van der Waals surface area contributed by atoms with Gasteiger partial charge >= 0.3 is 0 Å². The van der Waals surface area contributed by atoms with Crippen molar-refractivity contribution in [2.75, 3.05) is 14.2 Å². The molecule has 2 rings (SSSR count). The molecule has 0 radical (unpaired) electrons. The van der Waals surface area contributed by atoms with E-state index in [4.69, 9.17) is 14.7 Å². The van der Waals surface area contributed by atoms with E-state index in [1.807, 2.05) is 19.1 Å². The molecule has 4 nitrogen and oxygen atoms in total.